The summed E-state index contributed by atoms with van der Waals surface area (Å²) < 4.78 is 43.2. The van der Waals surface area contributed by atoms with Crippen LogP contribution in [-0.2, 0) is 41.3 Å². The number of fused-ring (bicyclic) bond motifs is 4. The quantitative estimate of drug-likeness (QED) is 0.0317. The molecule has 21 heteroatoms. The predicted molar refractivity (Wildman–Crippen MR) is 356 cm³/mol. The monoisotopic (exact) mass is 1290 g/mol. The Hall–Kier alpha value is -8.43. The van der Waals surface area contributed by atoms with Crippen LogP contribution in [0.3, 0.4) is 0 Å². The molecule has 1 N–H and O–H groups in total. The molecule has 1 saturated carbocycles. The molecule has 1 aliphatic carbocycles. The molecule has 1 unspecified atom stereocenters. The van der Waals surface area contributed by atoms with Gasteiger partial charge in [0.1, 0.15) is 31.6 Å². The summed E-state index contributed by atoms with van der Waals surface area (Å²) in [4.78, 5) is 107. The van der Waals surface area contributed by atoms with Crippen molar-refractivity contribution < 1.29 is 66.4 Å². The first-order valence-corrected chi connectivity index (χ1v) is 35.5. The molecule has 4 aromatic carbocycles. The Bertz CT molecular complexity index is 3560. The fourth-order valence-corrected chi connectivity index (χ4v) is 14.1. The second-order valence-electron chi connectivity index (χ2n) is 27.2. The zero-order valence-electron chi connectivity index (χ0n) is 55.5. The Morgan fingerprint density at radius 1 is 0.806 bits per heavy atom. The second kappa shape index (κ2) is 28.0. The average Bonchev–Trinajstić information content (AvgIpc) is 1.54. The van der Waals surface area contributed by atoms with E-state index in [1.807, 2.05) is 75.2 Å². The van der Waals surface area contributed by atoms with Gasteiger partial charge in [-0.2, -0.15) is 0 Å². The molecule has 4 aromatic rings. The fraction of sp³-hybridized carbons (Fsp3) is 0.486. The average molecular weight is 1290 g/mol. The lowest BCUT2D eigenvalue weighted by Gasteiger charge is -2.44. The number of ether oxygens (including phenoxy) is 6. The summed E-state index contributed by atoms with van der Waals surface area (Å²) in [5, 5.41) is 2.70. The number of methoxy groups -OCH3 is 1. The van der Waals surface area contributed by atoms with E-state index < -0.39 is 56.9 Å². The highest BCUT2D eigenvalue weighted by Crippen LogP contribution is 2.58. The Morgan fingerprint density at radius 2 is 1.46 bits per heavy atom. The number of carbonyl (C=O) groups excluding carboxylic acids is 7. The number of aryl methyl sites for hydroxylation is 2. The molecule has 6 aliphatic rings. The van der Waals surface area contributed by atoms with Gasteiger partial charge in [-0.15, -0.1) is 0 Å². The van der Waals surface area contributed by atoms with Crippen LogP contribution < -0.4 is 29.3 Å². The van der Waals surface area contributed by atoms with Crippen molar-refractivity contribution in [3.05, 3.63) is 143 Å². The number of ketones is 1. The SMILES string of the molecule is C=CCOC(=O)N1C[C@@H]2CC(c3ccc(C)cc3)=CN2C(=O)c2cc(OC)c(OCCCOc3cc4c(cc3C)C(=O)N3CC5(CC5)C[C@H]3C(O[Si](C)(C)C(C)(C)C)N4C(=O)OCc3ccc(CC(=O)[C@@H](NC(=O)[C@@H]4CCCN4C(=O)OCC=C)[C@@H](C)CC)cc3)cc21. The number of Topliss-reactive ketones (excluding diaryl/α,β-unsaturated/α-hetero) is 1. The van der Waals surface area contributed by atoms with Crippen LogP contribution >= 0.6 is 0 Å². The number of rotatable bonds is 23. The minimum absolute atomic E-state index is 0.0255. The summed E-state index contributed by atoms with van der Waals surface area (Å²) in [6.07, 6.45) is 7.24. The summed E-state index contributed by atoms with van der Waals surface area (Å²) in [5.74, 6) is -0.213. The van der Waals surface area contributed by atoms with Crippen molar-refractivity contribution in [1.82, 2.24) is 20.0 Å². The number of hydrogen-bond donors (Lipinski definition) is 1. The summed E-state index contributed by atoms with van der Waals surface area (Å²) in [6.45, 7) is 27.0. The van der Waals surface area contributed by atoms with Crippen LogP contribution in [0, 0.1) is 25.2 Å². The summed E-state index contributed by atoms with van der Waals surface area (Å²) in [5.41, 5.74) is 6.28. The number of likely N-dealkylation sites (tertiary alicyclic amines) is 1. The zero-order chi connectivity index (χ0) is 66.7. The third-order valence-corrected chi connectivity index (χ3v) is 24.1. The van der Waals surface area contributed by atoms with E-state index in [1.165, 1.54) is 34.0 Å². The maximum atomic E-state index is 15.3. The largest absolute Gasteiger partial charge is 0.493 e. The van der Waals surface area contributed by atoms with Crippen LogP contribution in [0.15, 0.2) is 104 Å². The molecule has 0 aromatic heterocycles. The fourth-order valence-electron chi connectivity index (χ4n) is 12.9. The highest BCUT2D eigenvalue weighted by atomic mass is 28.4. The molecular weight excluding hydrogens is 1200 g/mol. The minimum atomic E-state index is -2.69. The van der Waals surface area contributed by atoms with Crippen molar-refractivity contribution in [2.45, 2.75) is 161 Å². The van der Waals surface area contributed by atoms with Gasteiger partial charge in [0, 0.05) is 44.3 Å². The molecule has 2 saturated heterocycles. The predicted octanol–water partition coefficient (Wildman–Crippen LogP) is 12.5. The van der Waals surface area contributed by atoms with E-state index in [0.29, 0.717) is 102 Å². The Balaban J connectivity index is 0.863. The Morgan fingerprint density at radius 3 is 2.12 bits per heavy atom. The van der Waals surface area contributed by atoms with E-state index in [4.69, 9.17) is 32.8 Å². The number of nitrogens with one attached hydrogen (secondary N) is 1. The lowest BCUT2D eigenvalue weighted by molar-refractivity contribution is -0.131. The van der Waals surface area contributed by atoms with Gasteiger partial charge in [-0.25, -0.2) is 19.3 Å². The first-order valence-electron chi connectivity index (χ1n) is 32.6. The lowest BCUT2D eigenvalue weighted by atomic mass is 9.91. The van der Waals surface area contributed by atoms with Gasteiger partial charge in [-0.1, -0.05) is 120 Å². The van der Waals surface area contributed by atoms with Gasteiger partial charge in [0.05, 0.1) is 67.5 Å². The molecule has 0 radical (unpaired) electrons. The lowest BCUT2D eigenvalue weighted by Crippen LogP contribution is -2.58. The van der Waals surface area contributed by atoms with Crippen molar-refractivity contribution in [3.8, 4) is 17.2 Å². The summed E-state index contributed by atoms with van der Waals surface area (Å²) in [6, 6.07) is 19.7. The normalized spacial score (nSPS) is 20.2. The molecule has 5 aliphatic heterocycles. The van der Waals surface area contributed by atoms with E-state index in [-0.39, 0.29) is 91.6 Å². The second-order valence-corrected chi connectivity index (χ2v) is 32.0. The van der Waals surface area contributed by atoms with Gasteiger partial charge < -0.3 is 48.0 Å². The van der Waals surface area contributed by atoms with Crippen molar-refractivity contribution >= 4 is 67.0 Å². The van der Waals surface area contributed by atoms with Gasteiger partial charge in [-0.3, -0.25) is 29.0 Å². The number of amides is 6. The standard InChI is InChI=1S/C72H90N6O14Si/c1-13-30-89-68(83)74-29-16-18-55(74)64(80)73-63(46(5)15-3)59(79)35-48-21-23-49(24-22-48)43-91-70(85)78-57-39-60(47(6)34-53(57)66(82)77-44-72(27-28-72)40-58(77)67(78)92-93(11,12)71(7,8)9)87-32-17-33-88-62-38-56-54(37-61(62)86-10)65(81)75-41-51(50-25-19-45(4)20-26-50)36-52(75)42-76(56)69(84)90-31-14-2/h13-14,19-26,34,37-39,41,46,52,55,58,63,67H,1-2,15-18,27-33,35-36,40,42-44H2,3-12H3,(H,73,80)/t46-,52-,55-,58-,63-,67?/m0/s1. The third-order valence-electron chi connectivity index (χ3n) is 19.6. The third kappa shape index (κ3) is 14.5. The van der Waals surface area contributed by atoms with Crippen molar-refractivity contribution in [2.75, 3.05) is 63.0 Å². The molecule has 10 rings (SSSR count). The number of benzene rings is 4. The smallest absolute Gasteiger partial charge is 0.416 e. The first-order chi connectivity index (χ1) is 44.4. The topological polar surface area (TPSA) is 212 Å². The van der Waals surface area contributed by atoms with E-state index in [9.17, 15) is 24.0 Å². The number of anilines is 2. The molecular formula is C72H90N6O14Si. The Labute approximate surface area is 547 Å². The number of nitrogens with zero attached hydrogens (tertiary/aromatic N) is 5. The summed E-state index contributed by atoms with van der Waals surface area (Å²) >= 11 is 0. The van der Waals surface area contributed by atoms with Crippen molar-refractivity contribution in [1.29, 1.82) is 0 Å². The van der Waals surface area contributed by atoms with Gasteiger partial charge in [0.25, 0.3) is 11.8 Å². The van der Waals surface area contributed by atoms with Gasteiger partial charge in [0.15, 0.2) is 31.8 Å². The van der Waals surface area contributed by atoms with Crippen molar-refractivity contribution in [3.63, 3.8) is 0 Å². The molecule has 5 heterocycles. The van der Waals surface area contributed by atoms with E-state index in [0.717, 1.165) is 29.5 Å². The molecule has 3 fully saturated rings. The molecule has 6 atom stereocenters. The minimum Gasteiger partial charge on any atom is -0.493 e. The molecule has 93 heavy (non-hydrogen) atoms. The summed E-state index contributed by atoms with van der Waals surface area (Å²) in [7, 11) is -1.20. The van der Waals surface area contributed by atoms with Crippen molar-refractivity contribution in [2.24, 2.45) is 11.3 Å². The molecule has 0 bridgehead atoms. The highest BCUT2D eigenvalue weighted by molar-refractivity contribution is 6.74. The molecule has 496 valence electrons. The zero-order valence-corrected chi connectivity index (χ0v) is 56.5. The molecule has 1 spiro atoms. The van der Waals surface area contributed by atoms with Crippen LogP contribution in [0.5, 0.6) is 17.2 Å². The number of hydrogen-bond acceptors (Lipinski definition) is 14. The van der Waals surface area contributed by atoms with Crippen LogP contribution in [0.1, 0.15) is 135 Å². The van der Waals surface area contributed by atoms with Crippen LogP contribution in [0.2, 0.25) is 18.1 Å². The number of carbonyl (C=O) groups is 7. The Kier molecular flexibility index (Phi) is 20.3. The highest BCUT2D eigenvalue weighted by Gasteiger charge is 2.60. The van der Waals surface area contributed by atoms with E-state index >= 15 is 9.59 Å². The van der Waals surface area contributed by atoms with Crippen LogP contribution in [0.25, 0.3) is 5.57 Å². The maximum absolute atomic E-state index is 15.3. The van der Waals surface area contributed by atoms with Gasteiger partial charge >= 0.3 is 18.3 Å². The first kappa shape index (κ1) is 67.5. The van der Waals surface area contributed by atoms with Crippen LogP contribution in [-0.4, -0.2) is 148 Å². The van der Waals surface area contributed by atoms with Crippen LogP contribution in [0.4, 0.5) is 25.8 Å². The molecule has 20 nitrogen and oxygen atoms in total. The maximum Gasteiger partial charge on any atom is 0.416 e. The van der Waals surface area contributed by atoms with E-state index in [1.54, 1.807) is 41.3 Å². The molecule has 6 amide bonds. The van der Waals surface area contributed by atoms with Gasteiger partial charge in [0.2, 0.25) is 5.91 Å². The van der Waals surface area contributed by atoms with Gasteiger partial charge in [-0.05, 0) is 122 Å². The van der Waals surface area contributed by atoms with E-state index in [2.05, 4.69) is 52.3 Å².